The maximum absolute atomic E-state index is 12.7. The Bertz CT molecular complexity index is 732. The monoisotopic (exact) mass is 330 g/mol. The predicted molar refractivity (Wildman–Crippen MR) is 91.8 cm³/mol. The second-order valence-corrected chi connectivity index (χ2v) is 5.99. The first kappa shape index (κ1) is 15.8. The van der Waals surface area contributed by atoms with Gasteiger partial charge < -0.3 is 9.80 Å². The highest BCUT2D eigenvalue weighted by Crippen LogP contribution is 2.17. The number of benzene rings is 2. The molecule has 0 spiro atoms. The Labute approximate surface area is 140 Å². The number of halogens is 1. The molecule has 0 aliphatic carbocycles. The number of nitrogens with zero attached hydrogens (tertiary/aromatic N) is 2. The quantitative estimate of drug-likeness (QED) is 0.794. The molecule has 2 amide bonds. The van der Waals surface area contributed by atoms with Gasteiger partial charge in [-0.1, -0.05) is 30.3 Å². The normalized spacial score (nSPS) is 15.5. The zero-order valence-corrected chi connectivity index (χ0v) is 13.6. The zero-order chi connectivity index (χ0) is 16.2. The fourth-order valence-electron chi connectivity index (χ4n) is 2.96. The van der Waals surface area contributed by atoms with Gasteiger partial charge in [0.25, 0.3) is 5.91 Å². The van der Waals surface area contributed by atoms with E-state index in [2.05, 4.69) is 0 Å². The largest absolute Gasteiger partial charge is 0.340 e. The molecule has 1 saturated heterocycles. The van der Waals surface area contributed by atoms with Gasteiger partial charge in [0.1, 0.15) is 5.88 Å². The van der Waals surface area contributed by atoms with Crippen molar-refractivity contribution in [1.29, 1.82) is 0 Å². The number of hydrogen-bond donors (Lipinski definition) is 0. The van der Waals surface area contributed by atoms with E-state index in [0.29, 0.717) is 31.7 Å². The lowest BCUT2D eigenvalue weighted by atomic mass is 10.1. The summed E-state index contributed by atoms with van der Waals surface area (Å²) in [6.45, 7) is 2.42. The van der Waals surface area contributed by atoms with Crippen LogP contribution in [0.25, 0.3) is 10.8 Å². The summed E-state index contributed by atoms with van der Waals surface area (Å²) in [6.07, 6.45) is 0.780. The highest BCUT2D eigenvalue weighted by atomic mass is 35.5. The standard InChI is InChI=1S/C18H19ClN2O2/c19-13-17(22)20-8-3-9-21(11-10-20)18(23)16-7-6-14-4-1-2-5-15(14)12-16/h1-2,4-7,12H,3,8-11,13H2. The Morgan fingerprint density at radius 3 is 2.39 bits per heavy atom. The first-order valence-corrected chi connectivity index (χ1v) is 8.34. The van der Waals surface area contributed by atoms with Gasteiger partial charge in [-0.25, -0.2) is 0 Å². The molecule has 2 aromatic rings. The minimum Gasteiger partial charge on any atom is -0.340 e. The summed E-state index contributed by atoms with van der Waals surface area (Å²) in [4.78, 5) is 28.0. The second kappa shape index (κ2) is 7.01. The lowest BCUT2D eigenvalue weighted by Crippen LogP contribution is -2.37. The number of rotatable bonds is 2. The Balaban J connectivity index is 1.75. The summed E-state index contributed by atoms with van der Waals surface area (Å²) in [5.74, 6) is -0.0406. The second-order valence-electron chi connectivity index (χ2n) is 5.72. The van der Waals surface area contributed by atoms with E-state index >= 15 is 0 Å². The minimum absolute atomic E-state index is 0.00137. The topological polar surface area (TPSA) is 40.6 Å². The lowest BCUT2D eigenvalue weighted by Gasteiger charge is -2.22. The fraction of sp³-hybridized carbons (Fsp3) is 0.333. The maximum Gasteiger partial charge on any atom is 0.253 e. The molecular formula is C18H19ClN2O2. The van der Waals surface area contributed by atoms with Crippen molar-refractivity contribution in [2.24, 2.45) is 0 Å². The molecule has 2 aromatic carbocycles. The van der Waals surface area contributed by atoms with Crippen LogP contribution in [0.2, 0.25) is 0 Å². The van der Waals surface area contributed by atoms with E-state index in [-0.39, 0.29) is 17.7 Å². The van der Waals surface area contributed by atoms with Gasteiger partial charge in [0.2, 0.25) is 5.91 Å². The average Bonchev–Trinajstić information content (AvgIpc) is 2.86. The third-order valence-electron chi connectivity index (χ3n) is 4.25. The van der Waals surface area contributed by atoms with Gasteiger partial charge in [0.15, 0.2) is 0 Å². The zero-order valence-electron chi connectivity index (χ0n) is 12.9. The molecule has 0 bridgehead atoms. The molecule has 0 N–H and O–H groups in total. The molecule has 0 radical (unpaired) electrons. The van der Waals surface area contributed by atoms with Gasteiger partial charge in [0, 0.05) is 31.7 Å². The van der Waals surface area contributed by atoms with Crippen LogP contribution in [0, 0.1) is 0 Å². The van der Waals surface area contributed by atoms with Crippen molar-refractivity contribution in [2.75, 3.05) is 32.1 Å². The van der Waals surface area contributed by atoms with Crippen molar-refractivity contribution >= 4 is 34.2 Å². The van der Waals surface area contributed by atoms with E-state index in [4.69, 9.17) is 11.6 Å². The van der Waals surface area contributed by atoms with Crippen molar-refractivity contribution in [3.8, 4) is 0 Å². The number of amides is 2. The van der Waals surface area contributed by atoms with Crippen molar-refractivity contribution in [2.45, 2.75) is 6.42 Å². The van der Waals surface area contributed by atoms with Gasteiger partial charge in [0.05, 0.1) is 0 Å². The highest BCUT2D eigenvalue weighted by molar-refractivity contribution is 6.27. The summed E-state index contributed by atoms with van der Waals surface area (Å²) in [5, 5.41) is 2.19. The van der Waals surface area contributed by atoms with Gasteiger partial charge >= 0.3 is 0 Å². The molecule has 1 aliphatic heterocycles. The number of carbonyl (C=O) groups excluding carboxylic acids is 2. The molecule has 0 atom stereocenters. The van der Waals surface area contributed by atoms with Crippen LogP contribution in [0.15, 0.2) is 42.5 Å². The SMILES string of the molecule is O=C(CCl)N1CCCN(C(=O)c2ccc3ccccc3c2)CC1. The third kappa shape index (κ3) is 3.48. The molecule has 1 fully saturated rings. The Morgan fingerprint density at radius 1 is 0.913 bits per heavy atom. The molecule has 23 heavy (non-hydrogen) atoms. The average molecular weight is 331 g/mol. The molecule has 3 rings (SSSR count). The first-order chi connectivity index (χ1) is 11.2. The maximum atomic E-state index is 12.7. The number of alkyl halides is 1. The summed E-state index contributed by atoms with van der Waals surface area (Å²) in [6, 6.07) is 13.8. The van der Waals surface area contributed by atoms with Crippen LogP contribution in [0.5, 0.6) is 0 Å². The first-order valence-electron chi connectivity index (χ1n) is 7.81. The highest BCUT2D eigenvalue weighted by Gasteiger charge is 2.22. The predicted octanol–water partition coefficient (Wildman–Crippen LogP) is 2.75. The van der Waals surface area contributed by atoms with E-state index in [1.807, 2.05) is 47.4 Å². The molecule has 0 saturated carbocycles. The molecule has 1 aliphatic rings. The molecule has 1 heterocycles. The van der Waals surface area contributed by atoms with Crippen LogP contribution in [0.3, 0.4) is 0 Å². The Hall–Kier alpha value is -2.07. The lowest BCUT2D eigenvalue weighted by molar-refractivity contribution is -0.128. The molecule has 0 aromatic heterocycles. The van der Waals surface area contributed by atoms with Crippen LogP contribution < -0.4 is 0 Å². The van der Waals surface area contributed by atoms with E-state index in [0.717, 1.165) is 17.2 Å². The molecule has 120 valence electrons. The third-order valence-corrected chi connectivity index (χ3v) is 4.48. The fourth-order valence-corrected chi connectivity index (χ4v) is 3.13. The van der Waals surface area contributed by atoms with Crippen molar-refractivity contribution in [3.63, 3.8) is 0 Å². The van der Waals surface area contributed by atoms with Gasteiger partial charge in [-0.15, -0.1) is 11.6 Å². The van der Waals surface area contributed by atoms with Crippen LogP contribution in [0.1, 0.15) is 16.8 Å². The summed E-state index contributed by atoms with van der Waals surface area (Å²) in [7, 11) is 0. The summed E-state index contributed by atoms with van der Waals surface area (Å²) in [5.41, 5.74) is 0.695. The van der Waals surface area contributed by atoms with Gasteiger partial charge in [-0.3, -0.25) is 9.59 Å². The van der Waals surface area contributed by atoms with E-state index in [1.165, 1.54) is 0 Å². The molecule has 0 unspecified atom stereocenters. The number of carbonyl (C=O) groups is 2. The van der Waals surface area contributed by atoms with E-state index in [1.54, 1.807) is 4.90 Å². The van der Waals surface area contributed by atoms with Crippen molar-refractivity contribution in [3.05, 3.63) is 48.0 Å². The summed E-state index contributed by atoms with van der Waals surface area (Å²) < 4.78 is 0. The van der Waals surface area contributed by atoms with E-state index < -0.39 is 0 Å². The van der Waals surface area contributed by atoms with Crippen molar-refractivity contribution < 1.29 is 9.59 Å². The van der Waals surface area contributed by atoms with Crippen LogP contribution >= 0.6 is 11.6 Å². The van der Waals surface area contributed by atoms with E-state index in [9.17, 15) is 9.59 Å². The van der Waals surface area contributed by atoms with Crippen LogP contribution in [-0.2, 0) is 4.79 Å². The number of fused-ring (bicyclic) bond motifs is 1. The summed E-state index contributed by atoms with van der Waals surface area (Å²) >= 11 is 5.62. The smallest absolute Gasteiger partial charge is 0.253 e. The van der Waals surface area contributed by atoms with Crippen LogP contribution in [0.4, 0.5) is 0 Å². The minimum atomic E-state index is -0.0633. The van der Waals surface area contributed by atoms with Crippen LogP contribution in [-0.4, -0.2) is 53.7 Å². The Morgan fingerprint density at radius 2 is 1.61 bits per heavy atom. The Kier molecular flexibility index (Phi) is 4.82. The van der Waals surface area contributed by atoms with Gasteiger partial charge in [-0.2, -0.15) is 0 Å². The molecule has 5 heteroatoms. The van der Waals surface area contributed by atoms with Gasteiger partial charge in [-0.05, 0) is 29.3 Å². The van der Waals surface area contributed by atoms with Crippen molar-refractivity contribution in [1.82, 2.24) is 9.80 Å². The number of hydrogen-bond acceptors (Lipinski definition) is 2. The molecular weight excluding hydrogens is 312 g/mol. The molecule has 4 nitrogen and oxygen atoms in total.